The first-order valence-electron chi connectivity index (χ1n) is 0.200. The van der Waals surface area contributed by atoms with Gasteiger partial charge in [-0.25, -0.2) is 0 Å². The van der Waals surface area contributed by atoms with Crippen LogP contribution in [0.25, 0.3) is 0 Å². The maximum atomic E-state index is 6.00. The van der Waals surface area contributed by atoms with E-state index in [2.05, 4.69) is 0 Å². The van der Waals surface area contributed by atoms with E-state index < -0.39 is 0 Å². The summed E-state index contributed by atoms with van der Waals surface area (Å²) in [6.45, 7) is 0. The van der Waals surface area contributed by atoms with Gasteiger partial charge >= 0.3 is 51.4 Å². The molecule has 0 aliphatic carbocycles. The Morgan fingerprint density at radius 1 is 1.25 bits per heavy atom. The zero-order valence-corrected chi connectivity index (χ0v) is 5.02. The van der Waals surface area contributed by atoms with E-state index in [-0.39, 0.29) is 63.8 Å². The fourth-order valence-corrected chi connectivity index (χ4v) is 0. The van der Waals surface area contributed by atoms with E-state index in [9.17, 15) is 0 Å². The summed E-state index contributed by atoms with van der Waals surface area (Å²) in [5, 5.41) is 12.0. The van der Waals surface area contributed by atoms with Gasteiger partial charge < -0.3 is 1.43 Å². The maximum Gasteiger partial charge on any atom is 1.00 e. The molecule has 0 spiro atoms. The van der Waals surface area contributed by atoms with Crippen molar-refractivity contribution in [2.24, 2.45) is 0 Å². The molecular formula is H5KN2Si. The quantitative estimate of drug-likeness (QED) is 0.228. The molecule has 0 saturated heterocycles. The van der Waals surface area contributed by atoms with Crippen molar-refractivity contribution in [1.29, 1.82) is 10.8 Å². The molecule has 0 rings (SSSR count). The third-order valence-electron chi connectivity index (χ3n) is 0. The predicted molar refractivity (Wildman–Crippen MR) is 15.9 cm³/mol. The Kier molecular flexibility index (Phi) is 132. The van der Waals surface area contributed by atoms with E-state index in [4.69, 9.17) is 10.8 Å². The molecule has 4 heteroatoms. The van der Waals surface area contributed by atoms with Gasteiger partial charge in [0.1, 0.15) is 0 Å². The van der Waals surface area contributed by atoms with Crippen molar-refractivity contribution in [2.75, 3.05) is 0 Å². The second kappa shape index (κ2) is 28.2. The molecule has 0 saturated carbocycles. The maximum absolute atomic E-state index is 6.00. The first kappa shape index (κ1) is 18.6. The van der Waals surface area contributed by atoms with Gasteiger partial charge in [0.05, 0.1) is 0 Å². The molecule has 0 heterocycles. The van der Waals surface area contributed by atoms with Gasteiger partial charge in [-0.15, -0.1) is 0 Å². The summed E-state index contributed by atoms with van der Waals surface area (Å²) >= 11 is 0. The Labute approximate surface area is 73.3 Å². The van der Waals surface area contributed by atoms with Gasteiger partial charge in [0.25, 0.3) is 0 Å². The molecule has 0 aromatic carbocycles. The Morgan fingerprint density at radius 3 is 1.25 bits per heavy atom. The molecule has 0 unspecified atom stereocenters. The van der Waals surface area contributed by atoms with Gasteiger partial charge in [0.15, 0.2) is 0 Å². The van der Waals surface area contributed by atoms with Gasteiger partial charge in [0.2, 0.25) is 0 Å². The topological polar surface area (TPSA) is 47.6 Å². The largest absolute Gasteiger partial charge is 1.00 e. The van der Waals surface area contributed by atoms with Crippen LogP contribution in [0, 0.1) is 10.8 Å². The van der Waals surface area contributed by atoms with E-state index in [0.717, 1.165) is 0 Å². The standard InChI is InChI=1S/K.N2.H4Si.H/c;1-2;;/h;;1H4;/q+1;;;-1. The van der Waals surface area contributed by atoms with Crippen LogP contribution in [0.15, 0.2) is 0 Å². The number of rotatable bonds is 0. The predicted octanol–water partition coefficient (Wildman–Crippen LogP) is -4.30. The van der Waals surface area contributed by atoms with Crippen LogP contribution in [0.5, 0.6) is 0 Å². The zero-order chi connectivity index (χ0) is 2.00. The number of hydrogen-bond donors (Lipinski definition) is 0. The van der Waals surface area contributed by atoms with Gasteiger partial charge in [-0.05, 0) is 11.0 Å². The summed E-state index contributed by atoms with van der Waals surface area (Å²) < 4.78 is 0. The summed E-state index contributed by atoms with van der Waals surface area (Å²) in [6.07, 6.45) is 0. The molecule has 0 aromatic rings. The summed E-state index contributed by atoms with van der Waals surface area (Å²) in [7, 11) is 0. The molecule has 0 aliphatic rings. The summed E-state index contributed by atoms with van der Waals surface area (Å²) in [4.78, 5) is 0. The summed E-state index contributed by atoms with van der Waals surface area (Å²) in [5.41, 5.74) is 0. The van der Waals surface area contributed by atoms with Gasteiger partial charge in [-0.1, -0.05) is 0 Å². The molecule has 0 bridgehead atoms. The average Bonchev–Trinajstić information content (AvgIpc) is 1.00. The van der Waals surface area contributed by atoms with Crippen molar-refractivity contribution in [2.45, 2.75) is 0 Å². The van der Waals surface area contributed by atoms with Crippen LogP contribution in [0.2, 0.25) is 0 Å². The van der Waals surface area contributed by atoms with Crippen LogP contribution in [0.1, 0.15) is 1.43 Å². The van der Waals surface area contributed by atoms with Crippen molar-refractivity contribution >= 4 is 11.0 Å². The molecule has 0 atom stereocenters. The molecule has 0 radical (unpaired) electrons. The van der Waals surface area contributed by atoms with Crippen LogP contribution in [-0.2, 0) is 0 Å². The Bertz CT molecular complexity index is 14.4. The summed E-state index contributed by atoms with van der Waals surface area (Å²) in [6, 6.07) is 0. The molecule has 0 N–H and O–H groups in total. The van der Waals surface area contributed by atoms with Crippen molar-refractivity contribution in [3.05, 3.63) is 0 Å². The fourth-order valence-electron chi connectivity index (χ4n) is 0. The smallest absolute Gasteiger partial charge is 1.00 e. The van der Waals surface area contributed by atoms with Crippen LogP contribution < -0.4 is 51.4 Å². The monoisotopic (exact) mass is 100.0 g/mol. The molecule has 4 heavy (non-hydrogen) atoms. The minimum Gasteiger partial charge on any atom is -1.00 e. The molecule has 20 valence electrons. The van der Waals surface area contributed by atoms with Crippen LogP contribution in [0.3, 0.4) is 0 Å². The number of hydrogen-bond acceptors (Lipinski definition) is 2. The Morgan fingerprint density at radius 2 is 1.25 bits per heavy atom. The zero-order valence-electron chi connectivity index (χ0n) is 2.89. The molecule has 0 amide bonds. The van der Waals surface area contributed by atoms with Crippen LogP contribution >= 0.6 is 0 Å². The molecule has 2 nitrogen and oxygen atoms in total. The molecular weight excluding hydrogens is 95.2 g/mol. The molecule has 0 fully saturated rings. The van der Waals surface area contributed by atoms with Crippen LogP contribution in [0.4, 0.5) is 0 Å². The second-order valence-corrected chi connectivity index (χ2v) is 0. The fraction of sp³-hybridized carbons (Fsp3) is 0. The van der Waals surface area contributed by atoms with Crippen molar-refractivity contribution in [1.82, 2.24) is 0 Å². The summed E-state index contributed by atoms with van der Waals surface area (Å²) in [5.74, 6) is 0. The first-order chi connectivity index (χ1) is 1.00. The van der Waals surface area contributed by atoms with Gasteiger partial charge in [-0.2, -0.15) is 0 Å². The third-order valence-corrected chi connectivity index (χ3v) is 0. The van der Waals surface area contributed by atoms with Crippen molar-refractivity contribution < 1.29 is 52.8 Å². The minimum atomic E-state index is 0. The van der Waals surface area contributed by atoms with E-state index in [1.54, 1.807) is 0 Å². The SMILES string of the molecule is N#N.[H-].[K+].[SiH4]. The Balaban J connectivity index is -0.00000000167. The van der Waals surface area contributed by atoms with E-state index in [0.29, 0.717) is 0 Å². The molecule has 0 aromatic heterocycles. The van der Waals surface area contributed by atoms with E-state index in [1.165, 1.54) is 0 Å². The van der Waals surface area contributed by atoms with Crippen molar-refractivity contribution in [3.8, 4) is 0 Å². The average molecular weight is 100 g/mol. The molecule has 0 aliphatic heterocycles. The van der Waals surface area contributed by atoms with E-state index >= 15 is 0 Å². The normalized spacial score (nSPS) is 0.500. The van der Waals surface area contributed by atoms with E-state index in [1.807, 2.05) is 0 Å². The number of nitrogens with zero attached hydrogens (tertiary/aromatic N) is 2. The third kappa shape index (κ3) is 10.4. The van der Waals surface area contributed by atoms with Crippen LogP contribution in [-0.4, -0.2) is 11.0 Å². The first-order valence-corrected chi connectivity index (χ1v) is 0.200. The van der Waals surface area contributed by atoms with Crippen molar-refractivity contribution in [3.63, 3.8) is 0 Å². The van der Waals surface area contributed by atoms with Gasteiger partial charge in [0, 0.05) is 10.8 Å². The second-order valence-electron chi connectivity index (χ2n) is 0. The van der Waals surface area contributed by atoms with Gasteiger partial charge in [-0.3, -0.25) is 0 Å². The minimum absolute atomic E-state index is 0. The Hall–Kier alpha value is 1.27.